The van der Waals surface area contributed by atoms with Gasteiger partial charge in [0.25, 0.3) is 0 Å². The molecule has 0 aliphatic heterocycles. The van der Waals surface area contributed by atoms with Crippen LogP contribution in [0.2, 0.25) is 0 Å². The van der Waals surface area contributed by atoms with Crippen LogP contribution in [-0.2, 0) is 6.42 Å². The lowest BCUT2D eigenvalue weighted by molar-refractivity contribution is 0.101. The summed E-state index contributed by atoms with van der Waals surface area (Å²) >= 11 is 0. The van der Waals surface area contributed by atoms with E-state index in [1.54, 1.807) is 6.92 Å². The summed E-state index contributed by atoms with van der Waals surface area (Å²) < 4.78 is 0. The van der Waals surface area contributed by atoms with Crippen LogP contribution in [0.15, 0.2) is 116 Å². The number of rotatable bonds is 9. The Balaban J connectivity index is 0.000000631. The lowest BCUT2D eigenvalue weighted by atomic mass is 9.93. The molecule has 260 valence electrons. The van der Waals surface area contributed by atoms with Crippen molar-refractivity contribution in [1.29, 1.82) is 0 Å². The summed E-state index contributed by atoms with van der Waals surface area (Å²) in [5.74, 6) is 0.846. The summed E-state index contributed by atoms with van der Waals surface area (Å²) in [6.07, 6.45) is 21.2. The van der Waals surface area contributed by atoms with Crippen LogP contribution >= 0.6 is 0 Å². The van der Waals surface area contributed by atoms with Crippen molar-refractivity contribution >= 4 is 16.9 Å². The van der Waals surface area contributed by atoms with Crippen molar-refractivity contribution in [3.8, 4) is 0 Å². The Bertz CT molecular complexity index is 1460. The highest BCUT2D eigenvalue weighted by Gasteiger charge is 2.09. The first-order valence-electron chi connectivity index (χ1n) is 17.8. The van der Waals surface area contributed by atoms with Crippen LogP contribution in [0.5, 0.6) is 0 Å². The molecular weight excluding hydrogens is 583 g/mol. The SMILES string of the molecule is C/C=C\C(=C/C)c1cccc(CC)c1.C=CN.CC(=O)c1ccc(C)c(C2=CC=CC2)c1.CCCC.CCCC(C)c1ccccc1C. The van der Waals surface area contributed by atoms with E-state index < -0.39 is 0 Å². The molecule has 2 N–H and O–H groups in total. The number of Topliss-reactive ketones (excluding diaryl/α,β-unsaturated/α-hetero) is 1. The molecular formula is C46H65NO. The number of ketones is 1. The van der Waals surface area contributed by atoms with Crippen LogP contribution in [0, 0.1) is 13.8 Å². The van der Waals surface area contributed by atoms with Gasteiger partial charge in [-0.1, -0.05) is 158 Å². The number of nitrogens with two attached hydrogens (primary N) is 1. The minimum absolute atomic E-state index is 0.128. The zero-order valence-electron chi connectivity index (χ0n) is 31.9. The Kier molecular flexibility index (Phi) is 24.5. The van der Waals surface area contributed by atoms with Gasteiger partial charge in [-0.15, -0.1) is 0 Å². The number of unbranched alkanes of at least 4 members (excludes halogenated alkanes) is 1. The van der Waals surface area contributed by atoms with Gasteiger partial charge in [-0.3, -0.25) is 4.79 Å². The molecule has 0 bridgehead atoms. The van der Waals surface area contributed by atoms with Crippen molar-refractivity contribution < 1.29 is 4.79 Å². The van der Waals surface area contributed by atoms with Crippen LogP contribution in [-0.4, -0.2) is 5.78 Å². The molecule has 0 spiro atoms. The van der Waals surface area contributed by atoms with Crippen LogP contribution in [0.25, 0.3) is 11.1 Å². The van der Waals surface area contributed by atoms with E-state index in [9.17, 15) is 4.79 Å². The van der Waals surface area contributed by atoms with Gasteiger partial charge < -0.3 is 5.73 Å². The number of aryl methyl sites for hydroxylation is 3. The van der Waals surface area contributed by atoms with E-state index >= 15 is 0 Å². The van der Waals surface area contributed by atoms with Crippen LogP contribution in [0.4, 0.5) is 0 Å². The molecule has 1 aliphatic rings. The molecule has 0 fully saturated rings. The lowest BCUT2D eigenvalue weighted by Crippen LogP contribution is -1.95. The molecule has 2 heteroatoms. The maximum atomic E-state index is 11.3. The highest BCUT2D eigenvalue weighted by atomic mass is 16.1. The maximum Gasteiger partial charge on any atom is 0.159 e. The first-order valence-corrected chi connectivity index (χ1v) is 17.8. The standard InChI is InChI=1S/C14H14O.C14H18.C12H18.C4H10.C2H5N/c1-10-7-8-13(11(2)15)9-14(10)12-5-3-4-6-12;1-4-8-13(6-3)14-10-7-9-12(5-2)11-14;1-4-7-10(2)12-9-6-5-8-11(12)3;1-3-4-2;1-2-3/h3-5,7-9H,6H2,1-2H3;4,6-11H,5H2,1-3H3;5-6,8-10H,4,7H2,1-3H3;3-4H2,1-2H3;2H,1,3H2/b;8-4-,13-6+;;;. The number of hydrogen-bond acceptors (Lipinski definition) is 2. The minimum atomic E-state index is 0.128. The highest BCUT2D eigenvalue weighted by Crippen LogP contribution is 2.27. The van der Waals surface area contributed by atoms with Gasteiger partial charge in [0.05, 0.1) is 0 Å². The maximum absolute atomic E-state index is 11.3. The average molecular weight is 648 g/mol. The smallest absolute Gasteiger partial charge is 0.159 e. The molecule has 2 nitrogen and oxygen atoms in total. The molecule has 0 saturated heterocycles. The molecule has 0 heterocycles. The average Bonchev–Trinajstić information content (AvgIpc) is 3.64. The summed E-state index contributed by atoms with van der Waals surface area (Å²) in [5, 5.41) is 0. The summed E-state index contributed by atoms with van der Waals surface area (Å²) in [4.78, 5) is 11.3. The molecule has 0 aromatic heterocycles. The van der Waals surface area contributed by atoms with Gasteiger partial charge in [0.15, 0.2) is 5.78 Å². The van der Waals surface area contributed by atoms with E-state index in [1.807, 2.05) is 25.1 Å². The zero-order chi connectivity index (χ0) is 36.3. The Morgan fingerprint density at radius 1 is 0.875 bits per heavy atom. The number of allylic oxidation sites excluding steroid dienone is 8. The monoisotopic (exact) mass is 648 g/mol. The fourth-order valence-corrected chi connectivity index (χ4v) is 5.07. The van der Waals surface area contributed by atoms with Crippen LogP contribution in [0.1, 0.15) is 137 Å². The van der Waals surface area contributed by atoms with Gasteiger partial charge in [0, 0.05) is 5.56 Å². The second-order valence-corrected chi connectivity index (χ2v) is 12.0. The van der Waals surface area contributed by atoms with Gasteiger partial charge in [-0.05, 0) is 117 Å². The van der Waals surface area contributed by atoms with E-state index in [-0.39, 0.29) is 5.78 Å². The number of carbonyl (C=O) groups is 1. The van der Waals surface area contributed by atoms with Gasteiger partial charge in [-0.2, -0.15) is 0 Å². The molecule has 0 amide bonds. The Labute approximate surface area is 295 Å². The Morgan fingerprint density at radius 2 is 1.54 bits per heavy atom. The predicted molar refractivity (Wildman–Crippen MR) is 217 cm³/mol. The third kappa shape index (κ3) is 17.1. The normalized spacial score (nSPS) is 12.1. The summed E-state index contributed by atoms with van der Waals surface area (Å²) in [6, 6.07) is 23.3. The van der Waals surface area contributed by atoms with E-state index in [0.29, 0.717) is 0 Å². The van der Waals surface area contributed by atoms with Gasteiger partial charge in [0.2, 0.25) is 0 Å². The van der Waals surface area contributed by atoms with Gasteiger partial charge >= 0.3 is 0 Å². The fourth-order valence-electron chi connectivity index (χ4n) is 5.07. The van der Waals surface area contributed by atoms with Crippen LogP contribution in [0.3, 0.4) is 0 Å². The van der Waals surface area contributed by atoms with Crippen LogP contribution < -0.4 is 5.73 Å². The lowest BCUT2D eigenvalue weighted by Gasteiger charge is -2.12. The molecule has 0 saturated carbocycles. The summed E-state index contributed by atoms with van der Waals surface area (Å²) in [5.41, 5.74) is 16.1. The second kappa shape index (κ2) is 26.9. The third-order valence-corrected chi connectivity index (χ3v) is 8.03. The van der Waals surface area contributed by atoms with Gasteiger partial charge in [-0.25, -0.2) is 0 Å². The van der Waals surface area contributed by atoms with E-state index in [0.717, 1.165) is 24.3 Å². The first kappa shape index (κ1) is 43.8. The molecule has 48 heavy (non-hydrogen) atoms. The van der Waals surface area contributed by atoms with Crippen molar-refractivity contribution in [3.63, 3.8) is 0 Å². The molecule has 1 aliphatic carbocycles. The van der Waals surface area contributed by atoms with Gasteiger partial charge in [0.1, 0.15) is 0 Å². The van der Waals surface area contributed by atoms with E-state index in [4.69, 9.17) is 0 Å². The third-order valence-electron chi connectivity index (χ3n) is 8.03. The zero-order valence-corrected chi connectivity index (χ0v) is 31.9. The molecule has 0 radical (unpaired) electrons. The van der Waals surface area contributed by atoms with Crippen molar-refractivity contribution in [2.75, 3.05) is 0 Å². The highest BCUT2D eigenvalue weighted by molar-refractivity contribution is 5.95. The quantitative estimate of drug-likeness (QED) is 0.185. The number of benzene rings is 3. The molecule has 1 unspecified atom stereocenters. The first-order chi connectivity index (χ1) is 23.1. The topological polar surface area (TPSA) is 43.1 Å². The molecule has 3 aromatic rings. The molecule has 4 rings (SSSR count). The minimum Gasteiger partial charge on any atom is -0.405 e. The predicted octanol–water partition coefficient (Wildman–Crippen LogP) is 13.6. The van der Waals surface area contributed by atoms with E-state index in [2.05, 4.69) is 153 Å². The van der Waals surface area contributed by atoms with Crippen molar-refractivity contribution in [2.24, 2.45) is 5.73 Å². The number of hydrogen-bond donors (Lipinski definition) is 1. The Morgan fingerprint density at radius 3 is 2.04 bits per heavy atom. The summed E-state index contributed by atoms with van der Waals surface area (Å²) in [6.45, 7) is 24.3. The van der Waals surface area contributed by atoms with E-state index in [1.165, 1.54) is 76.4 Å². The Hall–Kier alpha value is -4.17. The number of carbonyl (C=O) groups excluding carboxylic acids is 1. The second-order valence-electron chi connectivity index (χ2n) is 12.0. The van der Waals surface area contributed by atoms with Crippen molar-refractivity contribution in [3.05, 3.63) is 155 Å². The fraction of sp³-hybridized carbons (Fsp3) is 0.370. The molecule has 1 atom stereocenters. The summed E-state index contributed by atoms with van der Waals surface area (Å²) in [7, 11) is 0. The van der Waals surface area contributed by atoms with Crippen molar-refractivity contribution in [2.45, 2.75) is 114 Å². The largest absolute Gasteiger partial charge is 0.405 e. The van der Waals surface area contributed by atoms with Crippen molar-refractivity contribution in [1.82, 2.24) is 0 Å². The molecule has 3 aromatic carbocycles.